The van der Waals surface area contributed by atoms with Gasteiger partial charge in [-0.2, -0.15) is 0 Å². The van der Waals surface area contributed by atoms with Crippen LogP contribution in [0.3, 0.4) is 0 Å². The lowest BCUT2D eigenvalue weighted by Crippen LogP contribution is -2.44. The summed E-state index contributed by atoms with van der Waals surface area (Å²) < 4.78 is 34.3. The minimum absolute atomic E-state index is 0.00389. The Morgan fingerprint density at radius 2 is 1.33 bits per heavy atom. The van der Waals surface area contributed by atoms with Gasteiger partial charge in [-0.05, 0) is 79.9 Å². The van der Waals surface area contributed by atoms with E-state index in [0.717, 1.165) is 5.56 Å². The fourth-order valence-electron chi connectivity index (χ4n) is 5.15. The third-order valence-corrected chi connectivity index (χ3v) is 13.2. The van der Waals surface area contributed by atoms with Crippen molar-refractivity contribution in [2.45, 2.75) is 96.8 Å². The van der Waals surface area contributed by atoms with E-state index in [1.807, 2.05) is 30.3 Å². The van der Waals surface area contributed by atoms with Crippen molar-refractivity contribution in [2.75, 3.05) is 21.3 Å². The van der Waals surface area contributed by atoms with Crippen LogP contribution in [0.4, 0.5) is 9.59 Å². The zero-order valence-electron chi connectivity index (χ0n) is 33.1. The fourth-order valence-corrected chi connectivity index (χ4v) is 6.16. The highest BCUT2D eigenvalue weighted by Gasteiger charge is 2.40. The number of carbonyl (C=O) groups excluding carboxylic acids is 3. The SMILES string of the molecule is COC(=O)[C@H](Cc1cc(O[Si](C)(C)C(C)(C)C)c(OC)c(-c2cc(C[C@H](NC(=O)OC(C)(C)C)C(=O)O)ccc2OC)c1)NC(=O)OCc1ccccc1. The minimum atomic E-state index is -2.49. The molecule has 14 heteroatoms. The molecule has 0 heterocycles. The van der Waals surface area contributed by atoms with Gasteiger partial charge in [0.05, 0.1) is 21.3 Å². The molecule has 0 radical (unpaired) electrons. The summed E-state index contributed by atoms with van der Waals surface area (Å²) >= 11 is 0. The van der Waals surface area contributed by atoms with Crippen molar-refractivity contribution in [1.82, 2.24) is 10.6 Å². The highest BCUT2D eigenvalue weighted by molar-refractivity contribution is 6.74. The molecule has 13 nitrogen and oxygen atoms in total. The molecule has 0 saturated heterocycles. The van der Waals surface area contributed by atoms with Crippen LogP contribution in [-0.4, -0.2) is 76.6 Å². The number of esters is 1. The predicted molar refractivity (Wildman–Crippen MR) is 207 cm³/mol. The van der Waals surface area contributed by atoms with Gasteiger partial charge in [0.15, 0.2) is 5.75 Å². The van der Waals surface area contributed by atoms with Crippen molar-refractivity contribution >= 4 is 32.4 Å². The van der Waals surface area contributed by atoms with Crippen LogP contribution in [0.2, 0.25) is 18.1 Å². The second-order valence-electron chi connectivity index (χ2n) is 15.3. The molecule has 0 spiro atoms. The Morgan fingerprint density at radius 1 is 0.722 bits per heavy atom. The van der Waals surface area contributed by atoms with Crippen molar-refractivity contribution in [2.24, 2.45) is 0 Å². The summed E-state index contributed by atoms with van der Waals surface area (Å²) in [6, 6.07) is 15.4. The minimum Gasteiger partial charge on any atom is -0.541 e. The number of methoxy groups -OCH3 is 3. The van der Waals surface area contributed by atoms with E-state index in [1.54, 1.807) is 51.1 Å². The van der Waals surface area contributed by atoms with E-state index in [4.69, 9.17) is 28.1 Å². The fraction of sp³-hybridized carbons (Fsp3) is 0.450. The maximum atomic E-state index is 13.1. The molecule has 3 aromatic carbocycles. The highest BCUT2D eigenvalue weighted by Crippen LogP contribution is 2.46. The van der Waals surface area contributed by atoms with Crippen LogP contribution in [0.5, 0.6) is 17.2 Å². The molecule has 0 aliphatic heterocycles. The quantitative estimate of drug-likeness (QED) is 0.0808. The lowest BCUT2D eigenvalue weighted by molar-refractivity contribution is -0.143. The Bertz CT molecular complexity index is 1780. The van der Waals surface area contributed by atoms with Crippen molar-refractivity contribution in [3.8, 4) is 28.4 Å². The van der Waals surface area contributed by atoms with Crippen LogP contribution in [-0.2, 0) is 43.2 Å². The molecule has 3 N–H and O–H groups in total. The molecule has 0 saturated carbocycles. The number of carbonyl (C=O) groups is 4. The number of aliphatic carboxylic acids is 1. The Kier molecular flexibility index (Phi) is 14.5. The number of hydrogen-bond acceptors (Lipinski definition) is 10. The number of benzene rings is 3. The molecule has 0 aromatic heterocycles. The van der Waals surface area contributed by atoms with Crippen LogP contribution in [0.15, 0.2) is 60.7 Å². The van der Waals surface area contributed by atoms with Gasteiger partial charge in [0.25, 0.3) is 8.32 Å². The predicted octanol–water partition coefficient (Wildman–Crippen LogP) is 7.29. The van der Waals surface area contributed by atoms with E-state index in [9.17, 15) is 24.3 Å². The maximum Gasteiger partial charge on any atom is 0.408 e. The first-order valence-electron chi connectivity index (χ1n) is 17.5. The van der Waals surface area contributed by atoms with E-state index in [0.29, 0.717) is 39.5 Å². The molecule has 0 bridgehead atoms. The molecule has 2 amide bonds. The van der Waals surface area contributed by atoms with Crippen LogP contribution < -0.4 is 24.5 Å². The van der Waals surface area contributed by atoms with Gasteiger partial charge in [-0.1, -0.05) is 57.2 Å². The molecule has 54 heavy (non-hydrogen) atoms. The van der Waals surface area contributed by atoms with Crippen LogP contribution in [0, 0.1) is 0 Å². The third kappa shape index (κ3) is 12.2. The standard InChI is InChI=1S/C40H54N2O11Si/c1-39(2,3)52-38(47)41-30(35(43)44)21-26-17-18-32(48-7)28(19-26)29-20-27(23-33(34(29)49-8)53-54(10,11)40(4,5)6)22-31(36(45)50-9)42-37(46)51-24-25-15-13-12-14-16-25/h12-20,23,30-31H,21-22,24H2,1-11H3,(H,41,47)(H,42,46)(H,43,44)/t30-,31-/m0/s1. The van der Waals surface area contributed by atoms with Gasteiger partial charge in [0.1, 0.15) is 35.8 Å². The maximum absolute atomic E-state index is 13.1. The zero-order chi connectivity index (χ0) is 40.4. The summed E-state index contributed by atoms with van der Waals surface area (Å²) in [7, 11) is 1.76. The molecule has 0 fully saturated rings. The average molecular weight is 767 g/mol. The number of nitrogens with one attached hydrogen (secondary N) is 2. The van der Waals surface area contributed by atoms with Crippen molar-refractivity contribution < 1.29 is 52.4 Å². The molecule has 3 aromatic rings. The zero-order valence-corrected chi connectivity index (χ0v) is 34.1. The Balaban J connectivity index is 2.13. The van der Waals surface area contributed by atoms with Crippen molar-refractivity contribution in [1.29, 1.82) is 0 Å². The molecular formula is C40H54N2O11Si. The second-order valence-corrected chi connectivity index (χ2v) is 20.0. The monoisotopic (exact) mass is 766 g/mol. The smallest absolute Gasteiger partial charge is 0.408 e. The van der Waals surface area contributed by atoms with Gasteiger partial charge in [-0.3, -0.25) is 0 Å². The largest absolute Gasteiger partial charge is 0.541 e. The third-order valence-electron chi connectivity index (χ3n) is 8.90. The van der Waals surface area contributed by atoms with Crippen molar-refractivity contribution in [3.05, 3.63) is 77.4 Å². The molecular weight excluding hydrogens is 713 g/mol. The van der Waals surface area contributed by atoms with Gasteiger partial charge < -0.3 is 43.9 Å². The average Bonchev–Trinajstić information content (AvgIpc) is 3.08. The second kappa shape index (κ2) is 18.2. The first-order chi connectivity index (χ1) is 25.2. The van der Waals surface area contributed by atoms with Gasteiger partial charge in [-0.15, -0.1) is 0 Å². The number of alkyl carbamates (subject to hydrolysis) is 2. The topological polar surface area (TPSA) is 168 Å². The summed E-state index contributed by atoms with van der Waals surface area (Å²) in [4.78, 5) is 50.7. The number of rotatable bonds is 15. The summed E-state index contributed by atoms with van der Waals surface area (Å²) in [5, 5.41) is 14.9. The normalized spacial score (nSPS) is 12.8. The highest BCUT2D eigenvalue weighted by atomic mass is 28.4. The van der Waals surface area contributed by atoms with Crippen LogP contribution in [0.25, 0.3) is 11.1 Å². The Morgan fingerprint density at radius 3 is 1.89 bits per heavy atom. The molecule has 0 aliphatic carbocycles. The Hall–Kier alpha value is -5.24. The number of carboxylic acids is 1. The van der Waals surface area contributed by atoms with E-state index in [-0.39, 0.29) is 24.5 Å². The summed E-state index contributed by atoms with van der Waals surface area (Å²) in [6.45, 7) is 15.5. The number of ether oxygens (including phenoxy) is 5. The van der Waals surface area contributed by atoms with Crippen LogP contribution in [0.1, 0.15) is 58.2 Å². The number of amides is 2. The Labute approximate surface area is 318 Å². The van der Waals surface area contributed by atoms with Gasteiger partial charge in [0.2, 0.25) is 0 Å². The molecule has 294 valence electrons. The lowest BCUT2D eigenvalue weighted by atomic mass is 9.94. The van der Waals surface area contributed by atoms with Crippen molar-refractivity contribution in [3.63, 3.8) is 0 Å². The van der Waals surface area contributed by atoms with Gasteiger partial charge in [-0.25, -0.2) is 19.2 Å². The van der Waals surface area contributed by atoms with E-state index in [2.05, 4.69) is 44.5 Å². The summed E-state index contributed by atoms with van der Waals surface area (Å²) in [6.07, 6.45) is -1.76. The van der Waals surface area contributed by atoms with Gasteiger partial charge >= 0.3 is 24.1 Å². The van der Waals surface area contributed by atoms with E-state index in [1.165, 1.54) is 21.3 Å². The summed E-state index contributed by atoms with van der Waals surface area (Å²) in [5.74, 6) is -0.703. The van der Waals surface area contributed by atoms with Gasteiger partial charge in [0, 0.05) is 24.0 Å². The van der Waals surface area contributed by atoms with E-state index >= 15 is 0 Å². The number of hydrogen-bond donors (Lipinski definition) is 3. The first kappa shape index (κ1) is 43.2. The molecule has 3 rings (SSSR count). The summed E-state index contributed by atoms with van der Waals surface area (Å²) in [5.41, 5.74) is 2.15. The number of carboxylic acid groups (broad SMARTS) is 1. The first-order valence-corrected chi connectivity index (χ1v) is 20.4. The molecule has 0 aliphatic rings. The molecule has 2 atom stereocenters. The van der Waals surface area contributed by atoms with Crippen LogP contribution >= 0.6 is 0 Å². The van der Waals surface area contributed by atoms with E-state index < -0.39 is 50.1 Å². The lowest BCUT2D eigenvalue weighted by Gasteiger charge is -2.37. The molecule has 0 unspecified atom stereocenters.